The molecule has 1 heterocycles. The summed E-state index contributed by atoms with van der Waals surface area (Å²) in [5.74, 6) is -0.395. The molecule has 0 bridgehead atoms. The van der Waals surface area contributed by atoms with E-state index in [4.69, 9.17) is 9.84 Å². The lowest BCUT2D eigenvalue weighted by molar-refractivity contribution is 0.0696. The van der Waals surface area contributed by atoms with E-state index in [0.717, 1.165) is 15.6 Å². The van der Waals surface area contributed by atoms with E-state index in [0.29, 0.717) is 12.4 Å². The van der Waals surface area contributed by atoms with Crippen molar-refractivity contribution in [2.45, 2.75) is 13.5 Å². The van der Waals surface area contributed by atoms with Crippen molar-refractivity contribution in [1.29, 1.82) is 0 Å². The van der Waals surface area contributed by atoms with Gasteiger partial charge in [0.15, 0.2) is 0 Å². The van der Waals surface area contributed by atoms with Gasteiger partial charge in [0.05, 0.1) is 5.56 Å². The van der Waals surface area contributed by atoms with Gasteiger partial charge in [-0.15, -0.1) is 0 Å². The fourth-order valence-electron chi connectivity index (χ4n) is 1.58. The molecule has 0 saturated carbocycles. The Morgan fingerprint density at radius 1 is 1.37 bits per heavy atom. The second-order valence-corrected chi connectivity index (χ2v) is 5.00. The second-order valence-electron chi connectivity index (χ2n) is 4.09. The zero-order valence-corrected chi connectivity index (χ0v) is 11.8. The van der Waals surface area contributed by atoms with E-state index in [-0.39, 0.29) is 5.56 Å². The van der Waals surface area contributed by atoms with E-state index >= 15 is 0 Å². The molecule has 0 spiro atoms. The number of carboxylic acids is 1. The number of pyridine rings is 1. The molecule has 19 heavy (non-hydrogen) atoms. The normalized spacial score (nSPS) is 10.2. The Hall–Kier alpha value is -1.88. The highest BCUT2D eigenvalue weighted by Crippen LogP contribution is 2.21. The zero-order valence-electron chi connectivity index (χ0n) is 10.3. The van der Waals surface area contributed by atoms with Crippen LogP contribution < -0.4 is 4.74 Å². The maximum absolute atomic E-state index is 10.9. The van der Waals surface area contributed by atoms with E-state index in [1.807, 2.05) is 13.0 Å². The summed E-state index contributed by atoms with van der Waals surface area (Å²) in [6.07, 6.45) is 3.40. The first-order chi connectivity index (χ1) is 9.06. The Labute approximate surface area is 119 Å². The van der Waals surface area contributed by atoms with Gasteiger partial charge in [0, 0.05) is 22.4 Å². The van der Waals surface area contributed by atoms with E-state index in [1.165, 1.54) is 6.07 Å². The minimum absolute atomic E-state index is 0.216. The molecule has 0 atom stereocenters. The average molecular weight is 322 g/mol. The lowest BCUT2D eigenvalue weighted by Crippen LogP contribution is -2.01. The minimum Gasteiger partial charge on any atom is -0.489 e. The molecular formula is C14H12BrNO3. The Balaban J connectivity index is 2.15. The van der Waals surface area contributed by atoms with Crippen LogP contribution in [0.2, 0.25) is 0 Å². The van der Waals surface area contributed by atoms with Crippen molar-refractivity contribution < 1.29 is 14.6 Å². The second kappa shape index (κ2) is 5.84. The number of aryl methyl sites for hydroxylation is 1. The maximum atomic E-state index is 10.9. The molecule has 98 valence electrons. The molecule has 0 aliphatic rings. The van der Waals surface area contributed by atoms with Gasteiger partial charge in [-0.1, -0.05) is 6.07 Å². The summed E-state index contributed by atoms with van der Waals surface area (Å²) in [7, 11) is 0. The monoisotopic (exact) mass is 321 g/mol. The molecule has 0 amide bonds. The van der Waals surface area contributed by atoms with Gasteiger partial charge in [-0.05, 0) is 46.6 Å². The number of aromatic nitrogens is 1. The number of hydrogen-bond acceptors (Lipinski definition) is 3. The number of aromatic carboxylic acids is 1. The number of rotatable bonds is 4. The van der Waals surface area contributed by atoms with Crippen LogP contribution in [0.15, 0.2) is 41.1 Å². The van der Waals surface area contributed by atoms with Crippen LogP contribution in [0, 0.1) is 6.92 Å². The third-order valence-corrected chi connectivity index (χ3v) is 3.02. The predicted molar refractivity (Wildman–Crippen MR) is 74.4 cm³/mol. The van der Waals surface area contributed by atoms with Crippen LogP contribution in [-0.4, -0.2) is 16.1 Å². The van der Waals surface area contributed by atoms with Crippen molar-refractivity contribution in [1.82, 2.24) is 4.98 Å². The molecule has 2 rings (SSSR count). The molecule has 5 heteroatoms. The number of carbonyl (C=O) groups is 1. The van der Waals surface area contributed by atoms with Gasteiger partial charge in [0.1, 0.15) is 12.4 Å². The SMILES string of the molecule is Cc1ccc(C(=O)O)cc1OCc1cncc(Br)c1. The molecule has 4 nitrogen and oxygen atoms in total. The summed E-state index contributed by atoms with van der Waals surface area (Å²) in [6, 6.07) is 6.73. The first-order valence-corrected chi connectivity index (χ1v) is 6.42. The Morgan fingerprint density at radius 2 is 2.16 bits per heavy atom. The average Bonchev–Trinajstić information content (AvgIpc) is 2.37. The Morgan fingerprint density at radius 3 is 2.84 bits per heavy atom. The van der Waals surface area contributed by atoms with Crippen LogP contribution in [0.5, 0.6) is 5.75 Å². The predicted octanol–water partition coefficient (Wildman–Crippen LogP) is 3.43. The van der Waals surface area contributed by atoms with Crippen molar-refractivity contribution in [2.24, 2.45) is 0 Å². The van der Waals surface area contributed by atoms with Crippen molar-refractivity contribution in [3.05, 3.63) is 57.8 Å². The van der Waals surface area contributed by atoms with Gasteiger partial charge >= 0.3 is 5.97 Å². The number of halogens is 1. The molecule has 0 aliphatic carbocycles. The summed E-state index contributed by atoms with van der Waals surface area (Å²) in [6.45, 7) is 2.22. The largest absolute Gasteiger partial charge is 0.489 e. The fourth-order valence-corrected chi connectivity index (χ4v) is 2.00. The number of ether oxygens (including phenoxy) is 1. The highest BCUT2D eigenvalue weighted by molar-refractivity contribution is 9.10. The Kier molecular flexibility index (Phi) is 4.16. The summed E-state index contributed by atoms with van der Waals surface area (Å²) < 4.78 is 6.52. The van der Waals surface area contributed by atoms with Crippen molar-refractivity contribution in [3.8, 4) is 5.75 Å². The number of carboxylic acid groups (broad SMARTS) is 1. The minimum atomic E-state index is -0.964. The molecule has 0 radical (unpaired) electrons. The van der Waals surface area contributed by atoms with Crippen LogP contribution in [0.3, 0.4) is 0 Å². The highest BCUT2D eigenvalue weighted by Gasteiger charge is 2.07. The lowest BCUT2D eigenvalue weighted by Gasteiger charge is -2.10. The van der Waals surface area contributed by atoms with Gasteiger partial charge in [-0.2, -0.15) is 0 Å². The first-order valence-electron chi connectivity index (χ1n) is 5.62. The van der Waals surface area contributed by atoms with Gasteiger partial charge < -0.3 is 9.84 Å². The molecule has 1 aromatic carbocycles. The van der Waals surface area contributed by atoms with Crippen LogP contribution in [0.1, 0.15) is 21.5 Å². The van der Waals surface area contributed by atoms with Gasteiger partial charge in [0.2, 0.25) is 0 Å². The van der Waals surface area contributed by atoms with Crippen molar-refractivity contribution in [3.63, 3.8) is 0 Å². The maximum Gasteiger partial charge on any atom is 0.335 e. The number of nitrogens with zero attached hydrogens (tertiary/aromatic N) is 1. The lowest BCUT2D eigenvalue weighted by atomic mass is 10.1. The molecular weight excluding hydrogens is 310 g/mol. The summed E-state index contributed by atoms with van der Waals surface area (Å²) in [4.78, 5) is 15.0. The van der Waals surface area contributed by atoms with Crippen LogP contribution in [0.4, 0.5) is 0 Å². The van der Waals surface area contributed by atoms with Gasteiger partial charge in [-0.25, -0.2) is 4.79 Å². The number of hydrogen-bond donors (Lipinski definition) is 1. The van der Waals surface area contributed by atoms with Crippen molar-refractivity contribution >= 4 is 21.9 Å². The summed E-state index contributed by atoms with van der Waals surface area (Å²) in [5.41, 5.74) is 2.02. The third-order valence-electron chi connectivity index (χ3n) is 2.59. The molecule has 1 aromatic heterocycles. The smallest absolute Gasteiger partial charge is 0.335 e. The van der Waals surface area contributed by atoms with E-state index in [1.54, 1.807) is 24.5 Å². The van der Waals surface area contributed by atoms with E-state index in [9.17, 15) is 4.79 Å². The topological polar surface area (TPSA) is 59.4 Å². The van der Waals surface area contributed by atoms with Crippen LogP contribution in [-0.2, 0) is 6.61 Å². The highest BCUT2D eigenvalue weighted by atomic mass is 79.9. The molecule has 1 N–H and O–H groups in total. The first kappa shape index (κ1) is 13.5. The standard InChI is InChI=1S/C14H12BrNO3/c1-9-2-3-11(14(17)18)5-13(9)19-8-10-4-12(15)7-16-6-10/h2-7H,8H2,1H3,(H,17,18). The molecule has 2 aromatic rings. The molecule has 0 fully saturated rings. The summed E-state index contributed by atoms with van der Waals surface area (Å²) in [5, 5.41) is 8.95. The van der Waals surface area contributed by atoms with Crippen molar-refractivity contribution in [2.75, 3.05) is 0 Å². The van der Waals surface area contributed by atoms with E-state index < -0.39 is 5.97 Å². The third kappa shape index (κ3) is 3.54. The quantitative estimate of drug-likeness (QED) is 0.937. The fraction of sp³-hybridized carbons (Fsp3) is 0.143. The van der Waals surface area contributed by atoms with E-state index in [2.05, 4.69) is 20.9 Å². The Bertz CT molecular complexity index is 613. The zero-order chi connectivity index (χ0) is 13.8. The molecule has 0 aliphatic heterocycles. The molecule has 0 unspecified atom stereocenters. The van der Waals surface area contributed by atoms with Crippen LogP contribution in [0.25, 0.3) is 0 Å². The molecule has 0 saturated heterocycles. The summed E-state index contributed by atoms with van der Waals surface area (Å²) >= 11 is 3.34. The van der Waals surface area contributed by atoms with Gasteiger partial charge in [-0.3, -0.25) is 4.98 Å². The van der Waals surface area contributed by atoms with Crippen LogP contribution >= 0.6 is 15.9 Å². The van der Waals surface area contributed by atoms with Gasteiger partial charge in [0.25, 0.3) is 0 Å². The number of benzene rings is 1.